The Morgan fingerprint density at radius 3 is 2.26 bits per heavy atom. The summed E-state index contributed by atoms with van der Waals surface area (Å²) in [7, 11) is 0. The van der Waals surface area contributed by atoms with Crippen molar-refractivity contribution in [2.24, 2.45) is 4.99 Å². The first-order chi connectivity index (χ1) is 9.19. The first kappa shape index (κ1) is 15.8. The number of nitrogens with zero attached hydrogens (tertiary/aromatic N) is 3. The third-order valence-corrected chi connectivity index (χ3v) is 3.38. The van der Waals surface area contributed by atoms with Crippen LogP contribution < -0.4 is 5.32 Å². The maximum atomic E-state index is 11.3. The Kier molecular flexibility index (Phi) is 7.30. The number of amides is 1. The second-order valence-corrected chi connectivity index (χ2v) is 4.94. The molecule has 5 nitrogen and oxygen atoms in total. The van der Waals surface area contributed by atoms with Gasteiger partial charge in [-0.25, -0.2) is 0 Å². The smallest absolute Gasteiger partial charge is 0.219 e. The van der Waals surface area contributed by atoms with Crippen molar-refractivity contribution >= 4 is 11.9 Å². The Bertz CT molecular complexity index is 296. The molecule has 0 radical (unpaired) electrons. The van der Waals surface area contributed by atoms with Crippen LogP contribution in [0.1, 0.15) is 40.0 Å². The molecule has 0 aromatic carbocycles. The number of aliphatic imine (C=N–C) groups is 1. The monoisotopic (exact) mass is 268 g/mol. The molecular formula is C14H28N4O. The molecular weight excluding hydrogens is 240 g/mol. The van der Waals surface area contributed by atoms with Crippen LogP contribution >= 0.6 is 0 Å². The summed E-state index contributed by atoms with van der Waals surface area (Å²) in [4.78, 5) is 20.1. The fourth-order valence-corrected chi connectivity index (χ4v) is 2.21. The highest BCUT2D eigenvalue weighted by molar-refractivity contribution is 5.80. The maximum absolute atomic E-state index is 11.3. The Morgan fingerprint density at radius 2 is 1.74 bits per heavy atom. The number of nitrogens with one attached hydrogen (secondary N) is 1. The molecule has 0 bridgehead atoms. The molecule has 1 aliphatic rings. The summed E-state index contributed by atoms with van der Waals surface area (Å²) in [6.07, 6.45) is 3.61. The molecule has 0 spiro atoms. The van der Waals surface area contributed by atoms with Crippen LogP contribution in [0.5, 0.6) is 0 Å². The Morgan fingerprint density at radius 1 is 1.11 bits per heavy atom. The first-order valence-corrected chi connectivity index (χ1v) is 7.47. The Balaban J connectivity index is 2.46. The van der Waals surface area contributed by atoms with Gasteiger partial charge in [0.2, 0.25) is 5.91 Å². The highest BCUT2D eigenvalue weighted by Crippen LogP contribution is 2.03. The van der Waals surface area contributed by atoms with E-state index in [-0.39, 0.29) is 5.91 Å². The Labute approximate surface area is 117 Å². The SMILES string of the molecule is CCCCCN=C(NCC)N1CCN(C(C)=O)CC1. The normalized spacial score (nSPS) is 16.7. The molecule has 0 aromatic heterocycles. The molecule has 0 aromatic rings. The second-order valence-electron chi connectivity index (χ2n) is 4.94. The minimum absolute atomic E-state index is 0.171. The predicted molar refractivity (Wildman–Crippen MR) is 79.3 cm³/mol. The van der Waals surface area contributed by atoms with E-state index >= 15 is 0 Å². The summed E-state index contributed by atoms with van der Waals surface area (Å²) in [5, 5.41) is 3.35. The van der Waals surface area contributed by atoms with Crippen LogP contribution in [-0.4, -0.2) is 60.9 Å². The molecule has 0 saturated carbocycles. The number of piperazine rings is 1. The minimum atomic E-state index is 0.171. The molecule has 0 unspecified atom stereocenters. The maximum Gasteiger partial charge on any atom is 0.219 e. The molecule has 1 saturated heterocycles. The molecule has 1 amide bonds. The van der Waals surface area contributed by atoms with Crippen molar-refractivity contribution < 1.29 is 4.79 Å². The van der Waals surface area contributed by atoms with Gasteiger partial charge < -0.3 is 15.1 Å². The van der Waals surface area contributed by atoms with E-state index in [9.17, 15) is 4.79 Å². The number of rotatable bonds is 5. The van der Waals surface area contributed by atoms with Gasteiger partial charge in [0, 0.05) is 46.2 Å². The van der Waals surface area contributed by atoms with Crippen LogP contribution in [0.25, 0.3) is 0 Å². The number of carbonyl (C=O) groups excluding carboxylic acids is 1. The zero-order chi connectivity index (χ0) is 14.1. The summed E-state index contributed by atoms with van der Waals surface area (Å²) in [6, 6.07) is 0. The van der Waals surface area contributed by atoms with Gasteiger partial charge in [-0.3, -0.25) is 9.79 Å². The van der Waals surface area contributed by atoms with E-state index in [0.717, 1.165) is 51.6 Å². The molecule has 19 heavy (non-hydrogen) atoms. The average molecular weight is 268 g/mol. The van der Waals surface area contributed by atoms with Crippen LogP contribution in [0.15, 0.2) is 4.99 Å². The molecule has 110 valence electrons. The summed E-state index contributed by atoms with van der Waals surface area (Å²) in [5.74, 6) is 1.17. The van der Waals surface area contributed by atoms with Gasteiger partial charge >= 0.3 is 0 Å². The van der Waals surface area contributed by atoms with Crippen LogP contribution in [0.3, 0.4) is 0 Å². The fourth-order valence-electron chi connectivity index (χ4n) is 2.21. The van der Waals surface area contributed by atoms with E-state index in [2.05, 4.69) is 29.1 Å². The van der Waals surface area contributed by atoms with E-state index in [1.165, 1.54) is 12.8 Å². The van der Waals surface area contributed by atoms with Gasteiger partial charge in [-0.15, -0.1) is 0 Å². The number of hydrogen-bond acceptors (Lipinski definition) is 2. The van der Waals surface area contributed by atoms with E-state index in [0.29, 0.717) is 0 Å². The summed E-state index contributed by atoms with van der Waals surface area (Å²) in [6.45, 7) is 11.1. The van der Waals surface area contributed by atoms with Crippen LogP contribution in [0.2, 0.25) is 0 Å². The summed E-state index contributed by atoms with van der Waals surface area (Å²) >= 11 is 0. The van der Waals surface area contributed by atoms with E-state index < -0.39 is 0 Å². The largest absolute Gasteiger partial charge is 0.357 e. The van der Waals surface area contributed by atoms with Gasteiger partial charge in [-0.2, -0.15) is 0 Å². The predicted octanol–water partition coefficient (Wildman–Crippen LogP) is 1.31. The van der Waals surface area contributed by atoms with Crippen molar-refractivity contribution in [2.45, 2.75) is 40.0 Å². The zero-order valence-corrected chi connectivity index (χ0v) is 12.6. The number of hydrogen-bond donors (Lipinski definition) is 1. The molecule has 1 fully saturated rings. The molecule has 0 atom stereocenters. The molecule has 5 heteroatoms. The molecule has 1 N–H and O–H groups in total. The third kappa shape index (κ3) is 5.49. The standard InChI is InChI=1S/C14H28N4O/c1-4-6-7-8-16-14(15-5-2)18-11-9-17(10-12-18)13(3)19/h4-12H2,1-3H3,(H,15,16). The number of carbonyl (C=O) groups is 1. The fraction of sp³-hybridized carbons (Fsp3) is 0.857. The quantitative estimate of drug-likeness (QED) is 0.464. The van der Waals surface area contributed by atoms with Crippen molar-refractivity contribution in [2.75, 3.05) is 39.3 Å². The lowest BCUT2D eigenvalue weighted by Crippen LogP contribution is -2.53. The van der Waals surface area contributed by atoms with Crippen molar-refractivity contribution in [3.05, 3.63) is 0 Å². The lowest BCUT2D eigenvalue weighted by molar-refractivity contribution is -0.130. The van der Waals surface area contributed by atoms with Crippen LogP contribution in [-0.2, 0) is 4.79 Å². The molecule has 1 aliphatic heterocycles. The lowest BCUT2D eigenvalue weighted by atomic mass is 10.2. The third-order valence-electron chi connectivity index (χ3n) is 3.38. The lowest BCUT2D eigenvalue weighted by Gasteiger charge is -2.36. The molecule has 0 aliphatic carbocycles. The van der Waals surface area contributed by atoms with Gasteiger partial charge in [0.05, 0.1) is 0 Å². The van der Waals surface area contributed by atoms with Crippen molar-refractivity contribution in [1.82, 2.24) is 15.1 Å². The highest BCUT2D eigenvalue weighted by Gasteiger charge is 2.20. The first-order valence-electron chi connectivity index (χ1n) is 7.47. The van der Waals surface area contributed by atoms with Crippen LogP contribution in [0, 0.1) is 0 Å². The van der Waals surface area contributed by atoms with Crippen molar-refractivity contribution in [1.29, 1.82) is 0 Å². The van der Waals surface area contributed by atoms with E-state index in [4.69, 9.17) is 0 Å². The topological polar surface area (TPSA) is 47.9 Å². The van der Waals surface area contributed by atoms with Gasteiger partial charge in [0.25, 0.3) is 0 Å². The van der Waals surface area contributed by atoms with Gasteiger partial charge in [0.15, 0.2) is 5.96 Å². The van der Waals surface area contributed by atoms with Crippen LogP contribution in [0.4, 0.5) is 0 Å². The van der Waals surface area contributed by atoms with Gasteiger partial charge in [-0.05, 0) is 13.3 Å². The number of guanidine groups is 1. The van der Waals surface area contributed by atoms with Gasteiger partial charge in [-0.1, -0.05) is 19.8 Å². The highest BCUT2D eigenvalue weighted by atomic mass is 16.2. The Hall–Kier alpha value is -1.26. The van der Waals surface area contributed by atoms with E-state index in [1.54, 1.807) is 6.92 Å². The molecule has 1 rings (SSSR count). The van der Waals surface area contributed by atoms with Gasteiger partial charge in [0.1, 0.15) is 0 Å². The average Bonchev–Trinajstić information content (AvgIpc) is 2.42. The van der Waals surface area contributed by atoms with Crippen molar-refractivity contribution in [3.63, 3.8) is 0 Å². The summed E-state index contributed by atoms with van der Waals surface area (Å²) < 4.78 is 0. The number of unbranched alkanes of at least 4 members (excludes halogenated alkanes) is 2. The van der Waals surface area contributed by atoms with Crippen molar-refractivity contribution in [3.8, 4) is 0 Å². The minimum Gasteiger partial charge on any atom is -0.357 e. The second kappa shape index (κ2) is 8.77. The van der Waals surface area contributed by atoms with E-state index in [1.807, 2.05) is 4.90 Å². The molecule has 1 heterocycles. The summed E-state index contributed by atoms with van der Waals surface area (Å²) in [5.41, 5.74) is 0. The zero-order valence-electron chi connectivity index (χ0n) is 12.6.